The molecule has 0 amide bonds. The number of pyridine rings is 1. The Morgan fingerprint density at radius 2 is 1.62 bits per heavy atom. The second kappa shape index (κ2) is 4.97. The Labute approximate surface area is 118 Å². The number of nitrogens with one attached hydrogen (secondary N) is 1. The molecule has 0 fully saturated rings. The standard InChI is InChI=1S/C15H10F3N3/c16-10-6-12(18)15(7-11(10)17)21-13-3-4-20-14-5-8(19)1-2-9(13)14/h1-7H,19H2,(H,20,21). The van der Waals surface area contributed by atoms with Crippen LogP contribution < -0.4 is 11.1 Å². The quantitative estimate of drug-likeness (QED) is 0.554. The van der Waals surface area contributed by atoms with E-state index in [-0.39, 0.29) is 5.69 Å². The van der Waals surface area contributed by atoms with E-state index >= 15 is 0 Å². The van der Waals surface area contributed by atoms with Gasteiger partial charge in [0.1, 0.15) is 5.82 Å². The summed E-state index contributed by atoms with van der Waals surface area (Å²) in [5, 5.41) is 3.43. The molecule has 1 heterocycles. The van der Waals surface area contributed by atoms with Crippen LogP contribution in [-0.2, 0) is 0 Å². The third-order valence-corrected chi connectivity index (χ3v) is 3.05. The second-order valence-electron chi connectivity index (χ2n) is 4.51. The van der Waals surface area contributed by atoms with E-state index in [0.717, 1.165) is 6.07 Å². The first-order chi connectivity index (χ1) is 10.0. The van der Waals surface area contributed by atoms with Crippen LogP contribution in [0.5, 0.6) is 0 Å². The van der Waals surface area contributed by atoms with Gasteiger partial charge >= 0.3 is 0 Å². The van der Waals surface area contributed by atoms with Crippen molar-refractivity contribution < 1.29 is 13.2 Å². The maximum absolute atomic E-state index is 13.7. The van der Waals surface area contributed by atoms with Crippen molar-refractivity contribution in [2.24, 2.45) is 0 Å². The molecule has 0 bridgehead atoms. The van der Waals surface area contributed by atoms with Gasteiger partial charge in [-0.2, -0.15) is 0 Å². The zero-order valence-corrected chi connectivity index (χ0v) is 10.7. The monoisotopic (exact) mass is 289 g/mol. The van der Waals surface area contributed by atoms with Crippen molar-refractivity contribution in [2.75, 3.05) is 11.1 Å². The number of anilines is 3. The molecule has 3 aromatic rings. The molecule has 3 nitrogen and oxygen atoms in total. The number of nitrogen functional groups attached to an aromatic ring is 1. The van der Waals surface area contributed by atoms with Gasteiger partial charge in [0, 0.05) is 35.1 Å². The topological polar surface area (TPSA) is 50.9 Å². The van der Waals surface area contributed by atoms with Crippen LogP contribution in [-0.4, -0.2) is 4.98 Å². The lowest BCUT2D eigenvalue weighted by molar-refractivity contribution is 0.496. The molecule has 0 spiro atoms. The Morgan fingerprint density at radius 1 is 0.857 bits per heavy atom. The number of rotatable bonds is 2. The highest BCUT2D eigenvalue weighted by molar-refractivity contribution is 5.94. The second-order valence-corrected chi connectivity index (χ2v) is 4.51. The molecule has 6 heteroatoms. The Bertz CT molecular complexity index is 834. The van der Waals surface area contributed by atoms with E-state index in [0.29, 0.717) is 28.3 Å². The number of hydrogen-bond donors (Lipinski definition) is 2. The fourth-order valence-electron chi connectivity index (χ4n) is 2.04. The third-order valence-electron chi connectivity index (χ3n) is 3.05. The summed E-state index contributed by atoms with van der Waals surface area (Å²) in [6.45, 7) is 0. The van der Waals surface area contributed by atoms with Crippen molar-refractivity contribution in [3.05, 3.63) is 60.0 Å². The molecule has 3 rings (SSSR count). The summed E-state index contributed by atoms with van der Waals surface area (Å²) in [5.41, 5.74) is 7.20. The van der Waals surface area contributed by atoms with Crippen LogP contribution in [0.4, 0.5) is 30.2 Å². The lowest BCUT2D eigenvalue weighted by Crippen LogP contribution is -1.98. The molecule has 1 aromatic heterocycles. The minimum atomic E-state index is -1.23. The van der Waals surface area contributed by atoms with Gasteiger partial charge in [-0.1, -0.05) is 0 Å². The van der Waals surface area contributed by atoms with Gasteiger partial charge in [-0.3, -0.25) is 4.98 Å². The van der Waals surface area contributed by atoms with Gasteiger partial charge in [0.05, 0.1) is 11.2 Å². The first-order valence-electron chi connectivity index (χ1n) is 6.10. The Kier molecular flexibility index (Phi) is 3.13. The molecular weight excluding hydrogens is 279 g/mol. The molecule has 0 aliphatic carbocycles. The Morgan fingerprint density at radius 3 is 2.43 bits per heavy atom. The minimum absolute atomic E-state index is 0.154. The zero-order valence-electron chi connectivity index (χ0n) is 10.7. The van der Waals surface area contributed by atoms with Crippen LogP contribution in [0.3, 0.4) is 0 Å². The van der Waals surface area contributed by atoms with Crippen molar-refractivity contribution in [1.82, 2.24) is 4.98 Å². The van der Waals surface area contributed by atoms with Crippen LogP contribution in [0, 0.1) is 17.5 Å². The van der Waals surface area contributed by atoms with Gasteiger partial charge in [0.15, 0.2) is 11.6 Å². The van der Waals surface area contributed by atoms with E-state index in [9.17, 15) is 13.2 Å². The number of nitrogens with two attached hydrogens (primary N) is 1. The van der Waals surface area contributed by atoms with E-state index in [1.165, 1.54) is 6.20 Å². The molecule has 106 valence electrons. The summed E-state index contributed by atoms with van der Waals surface area (Å²) in [6, 6.07) is 7.95. The largest absolute Gasteiger partial charge is 0.399 e. The van der Waals surface area contributed by atoms with Crippen LogP contribution in [0.25, 0.3) is 10.9 Å². The van der Waals surface area contributed by atoms with Gasteiger partial charge in [-0.25, -0.2) is 13.2 Å². The van der Waals surface area contributed by atoms with E-state index in [4.69, 9.17) is 5.73 Å². The Hall–Kier alpha value is -2.76. The molecule has 0 saturated carbocycles. The molecule has 0 aliphatic rings. The van der Waals surface area contributed by atoms with Crippen molar-refractivity contribution >= 4 is 28.0 Å². The fourth-order valence-corrected chi connectivity index (χ4v) is 2.04. The van der Waals surface area contributed by atoms with Gasteiger partial charge < -0.3 is 11.1 Å². The number of aromatic nitrogens is 1. The van der Waals surface area contributed by atoms with E-state index in [2.05, 4.69) is 10.3 Å². The molecule has 0 unspecified atom stereocenters. The van der Waals surface area contributed by atoms with E-state index < -0.39 is 17.5 Å². The number of halogens is 3. The predicted molar refractivity (Wildman–Crippen MR) is 75.8 cm³/mol. The smallest absolute Gasteiger partial charge is 0.161 e. The molecule has 0 saturated heterocycles. The van der Waals surface area contributed by atoms with Crippen molar-refractivity contribution in [2.45, 2.75) is 0 Å². The van der Waals surface area contributed by atoms with Crippen LogP contribution >= 0.6 is 0 Å². The highest BCUT2D eigenvalue weighted by atomic mass is 19.2. The maximum atomic E-state index is 13.7. The molecule has 0 radical (unpaired) electrons. The van der Waals surface area contributed by atoms with Crippen LogP contribution in [0.15, 0.2) is 42.6 Å². The summed E-state index contributed by atoms with van der Waals surface area (Å²) in [6.07, 6.45) is 1.52. The predicted octanol–water partition coefficient (Wildman–Crippen LogP) is 3.98. The van der Waals surface area contributed by atoms with Gasteiger partial charge in [0.25, 0.3) is 0 Å². The lowest BCUT2D eigenvalue weighted by Gasteiger charge is -2.11. The lowest BCUT2D eigenvalue weighted by atomic mass is 10.1. The molecule has 0 atom stereocenters. The molecule has 3 N–H and O–H groups in total. The number of hydrogen-bond acceptors (Lipinski definition) is 3. The van der Waals surface area contributed by atoms with Crippen LogP contribution in [0.2, 0.25) is 0 Å². The molecule has 0 aliphatic heterocycles. The fraction of sp³-hybridized carbons (Fsp3) is 0. The minimum Gasteiger partial charge on any atom is -0.399 e. The van der Waals surface area contributed by atoms with Crippen LogP contribution in [0.1, 0.15) is 0 Å². The SMILES string of the molecule is Nc1ccc2c(Nc3cc(F)c(F)cc3F)ccnc2c1. The first kappa shape index (κ1) is 13.2. The van der Waals surface area contributed by atoms with Crippen molar-refractivity contribution in [3.8, 4) is 0 Å². The average molecular weight is 289 g/mol. The zero-order chi connectivity index (χ0) is 15.0. The van der Waals surface area contributed by atoms with Crippen molar-refractivity contribution in [1.29, 1.82) is 0 Å². The van der Waals surface area contributed by atoms with Crippen molar-refractivity contribution in [3.63, 3.8) is 0 Å². The van der Waals surface area contributed by atoms with Gasteiger partial charge in [-0.05, 0) is 24.3 Å². The highest BCUT2D eigenvalue weighted by Crippen LogP contribution is 2.28. The molecule has 2 aromatic carbocycles. The summed E-state index contributed by atoms with van der Waals surface area (Å²) in [5.74, 6) is -3.23. The third kappa shape index (κ3) is 2.47. The molecular formula is C15H10F3N3. The summed E-state index contributed by atoms with van der Waals surface area (Å²) in [4.78, 5) is 4.15. The number of fused-ring (bicyclic) bond motifs is 1. The number of benzene rings is 2. The summed E-state index contributed by atoms with van der Waals surface area (Å²) in [7, 11) is 0. The normalized spacial score (nSPS) is 10.8. The number of nitrogens with zero attached hydrogens (tertiary/aromatic N) is 1. The average Bonchev–Trinajstić information content (AvgIpc) is 2.44. The van der Waals surface area contributed by atoms with E-state index in [1.807, 2.05) is 0 Å². The van der Waals surface area contributed by atoms with Gasteiger partial charge in [-0.15, -0.1) is 0 Å². The van der Waals surface area contributed by atoms with E-state index in [1.54, 1.807) is 24.3 Å². The summed E-state index contributed by atoms with van der Waals surface area (Å²) >= 11 is 0. The first-order valence-corrected chi connectivity index (χ1v) is 6.10. The highest BCUT2D eigenvalue weighted by Gasteiger charge is 2.11. The van der Waals surface area contributed by atoms with Gasteiger partial charge in [0.2, 0.25) is 0 Å². The Balaban J connectivity index is 2.08. The maximum Gasteiger partial charge on any atom is 0.161 e. The summed E-state index contributed by atoms with van der Waals surface area (Å²) < 4.78 is 39.8. The molecule has 21 heavy (non-hydrogen) atoms.